The van der Waals surface area contributed by atoms with E-state index in [1.807, 2.05) is 0 Å². The minimum atomic E-state index is -0.432. The molecule has 18 heavy (non-hydrogen) atoms. The zero-order chi connectivity index (χ0) is 13.1. The van der Waals surface area contributed by atoms with Gasteiger partial charge in [0.25, 0.3) is 0 Å². The molecule has 1 atom stereocenters. The lowest BCUT2D eigenvalue weighted by Crippen LogP contribution is -2.19. The number of nitrogens with one attached hydrogen (secondary N) is 1. The third-order valence-electron chi connectivity index (χ3n) is 2.67. The monoisotopic (exact) mass is 312 g/mol. The van der Waals surface area contributed by atoms with Gasteiger partial charge in [0.2, 0.25) is 0 Å². The van der Waals surface area contributed by atoms with Crippen molar-refractivity contribution in [3.63, 3.8) is 0 Å². The highest BCUT2D eigenvalue weighted by Crippen LogP contribution is 2.30. The summed E-state index contributed by atoms with van der Waals surface area (Å²) in [6.45, 7) is 0. The first kappa shape index (κ1) is 13.1. The minimum Gasteiger partial charge on any atom is -0.309 e. The van der Waals surface area contributed by atoms with Crippen LogP contribution in [-0.4, -0.2) is 12.0 Å². The molecule has 0 radical (unpaired) electrons. The Morgan fingerprint density at radius 2 is 2.00 bits per heavy atom. The van der Waals surface area contributed by atoms with Crippen molar-refractivity contribution in [3.8, 4) is 0 Å². The minimum absolute atomic E-state index is 0.358. The van der Waals surface area contributed by atoms with E-state index >= 15 is 0 Å². The molecule has 94 valence electrons. The molecule has 2 rings (SSSR count). The van der Waals surface area contributed by atoms with Gasteiger partial charge in [-0.05, 0) is 36.9 Å². The molecule has 0 saturated carbocycles. The second kappa shape index (κ2) is 5.54. The van der Waals surface area contributed by atoms with Gasteiger partial charge in [-0.3, -0.25) is 4.98 Å². The average Bonchev–Trinajstić information content (AvgIpc) is 2.36. The zero-order valence-corrected chi connectivity index (χ0v) is 11.2. The number of benzene rings is 1. The molecule has 0 aliphatic heterocycles. The molecule has 0 aliphatic carbocycles. The highest BCUT2D eigenvalue weighted by molar-refractivity contribution is 9.10. The lowest BCUT2D eigenvalue weighted by atomic mass is 9.99. The Kier molecular flexibility index (Phi) is 4.04. The van der Waals surface area contributed by atoms with Crippen LogP contribution in [0.25, 0.3) is 0 Å². The summed E-state index contributed by atoms with van der Waals surface area (Å²) >= 11 is 3.35. The van der Waals surface area contributed by atoms with Gasteiger partial charge >= 0.3 is 0 Å². The second-order valence-corrected chi connectivity index (χ2v) is 4.64. The van der Waals surface area contributed by atoms with E-state index in [0.29, 0.717) is 11.1 Å². The van der Waals surface area contributed by atoms with E-state index in [2.05, 4.69) is 26.2 Å². The van der Waals surface area contributed by atoms with E-state index in [1.165, 1.54) is 18.3 Å². The molecule has 1 heterocycles. The van der Waals surface area contributed by atoms with Gasteiger partial charge in [-0.1, -0.05) is 15.9 Å². The fraction of sp³-hybridized carbons (Fsp3) is 0.154. The van der Waals surface area contributed by atoms with Gasteiger partial charge < -0.3 is 5.32 Å². The average molecular weight is 313 g/mol. The molecule has 1 aromatic heterocycles. The van der Waals surface area contributed by atoms with Gasteiger partial charge in [0.05, 0.1) is 12.2 Å². The van der Waals surface area contributed by atoms with E-state index < -0.39 is 11.9 Å². The van der Waals surface area contributed by atoms with Crippen LogP contribution >= 0.6 is 15.9 Å². The summed E-state index contributed by atoms with van der Waals surface area (Å²) in [6, 6.07) is 5.48. The normalized spacial score (nSPS) is 12.4. The van der Waals surface area contributed by atoms with Crippen LogP contribution in [-0.2, 0) is 0 Å². The number of halogens is 3. The number of hydrogen-bond acceptors (Lipinski definition) is 2. The van der Waals surface area contributed by atoms with E-state index in [4.69, 9.17) is 0 Å². The molecular formula is C13H11BrF2N2. The van der Waals surface area contributed by atoms with Crippen molar-refractivity contribution in [2.75, 3.05) is 7.05 Å². The number of hydrogen-bond donors (Lipinski definition) is 1. The molecule has 1 unspecified atom stereocenters. The molecule has 0 spiro atoms. The van der Waals surface area contributed by atoms with Crippen LogP contribution in [0.4, 0.5) is 8.78 Å². The summed E-state index contributed by atoms with van der Waals surface area (Å²) in [5.74, 6) is -0.782. The smallest absolute Gasteiger partial charge is 0.146 e. The molecule has 0 saturated heterocycles. The molecule has 1 aromatic carbocycles. The second-order valence-electron chi connectivity index (χ2n) is 3.78. The van der Waals surface area contributed by atoms with Gasteiger partial charge in [-0.15, -0.1) is 0 Å². The van der Waals surface area contributed by atoms with Crippen LogP contribution in [0.1, 0.15) is 17.2 Å². The Bertz CT molecular complexity index is 560. The molecule has 0 aliphatic rings. The summed E-state index contributed by atoms with van der Waals surface area (Å²) in [5.41, 5.74) is 1.07. The van der Waals surface area contributed by atoms with Gasteiger partial charge in [0, 0.05) is 16.2 Å². The number of nitrogens with zero attached hydrogens (tertiary/aromatic N) is 1. The fourth-order valence-corrected chi connectivity index (χ4v) is 2.31. The summed E-state index contributed by atoms with van der Waals surface area (Å²) in [6.07, 6.45) is 2.66. The maximum atomic E-state index is 13.7. The molecule has 5 heteroatoms. The summed E-state index contributed by atoms with van der Waals surface area (Å²) in [4.78, 5) is 3.71. The van der Waals surface area contributed by atoms with Gasteiger partial charge in [0.15, 0.2) is 0 Å². The Labute approximate surface area is 112 Å². The Balaban J connectivity index is 2.52. The molecule has 2 nitrogen and oxygen atoms in total. The highest BCUT2D eigenvalue weighted by atomic mass is 79.9. The van der Waals surface area contributed by atoms with E-state index in [1.54, 1.807) is 19.2 Å². The quantitative estimate of drug-likeness (QED) is 0.939. The predicted octanol–water partition coefficient (Wildman–Crippen LogP) is 3.43. The largest absolute Gasteiger partial charge is 0.309 e. The Hall–Kier alpha value is -1.33. The maximum absolute atomic E-state index is 13.7. The first-order chi connectivity index (χ1) is 8.63. The van der Waals surface area contributed by atoms with Crippen LogP contribution in [0.2, 0.25) is 0 Å². The third kappa shape index (κ3) is 2.57. The number of aromatic nitrogens is 1. The predicted molar refractivity (Wildman–Crippen MR) is 69.2 cm³/mol. The van der Waals surface area contributed by atoms with Gasteiger partial charge in [-0.2, -0.15) is 0 Å². The van der Waals surface area contributed by atoms with Gasteiger partial charge in [-0.25, -0.2) is 8.78 Å². The van der Waals surface area contributed by atoms with Crippen molar-refractivity contribution in [3.05, 3.63) is 63.9 Å². The van der Waals surface area contributed by atoms with Crippen molar-refractivity contribution in [2.45, 2.75) is 6.04 Å². The highest BCUT2D eigenvalue weighted by Gasteiger charge is 2.18. The molecule has 0 fully saturated rings. The summed E-state index contributed by atoms with van der Waals surface area (Å²) in [5, 5.41) is 2.98. The molecule has 0 bridgehead atoms. The molecular weight excluding hydrogens is 302 g/mol. The van der Waals surface area contributed by atoms with E-state index in [0.717, 1.165) is 10.7 Å². The topological polar surface area (TPSA) is 24.9 Å². The summed E-state index contributed by atoms with van der Waals surface area (Å²) < 4.78 is 27.8. The van der Waals surface area contributed by atoms with Crippen molar-refractivity contribution < 1.29 is 8.78 Å². The standard InChI is InChI=1S/C13H11BrF2N2/c1-17-13(9-4-5-18-7-12(9)16)10-6-8(15)2-3-11(10)14/h2-7,13,17H,1H3. The van der Waals surface area contributed by atoms with Crippen molar-refractivity contribution in [1.29, 1.82) is 0 Å². The zero-order valence-electron chi connectivity index (χ0n) is 9.62. The van der Waals surface area contributed by atoms with Crippen LogP contribution in [0.15, 0.2) is 41.1 Å². The van der Waals surface area contributed by atoms with Crippen LogP contribution < -0.4 is 5.32 Å². The van der Waals surface area contributed by atoms with Crippen molar-refractivity contribution in [1.82, 2.24) is 10.3 Å². The SMILES string of the molecule is CNC(c1ccncc1F)c1cc(F)ccc1Br. The molecule has 2 aromatic rings. The third-order valence-corrected chi connectivity index (χ3v) is 3.39. The van der Waals surface area contributed by atoms with Crippen LogP contribution in [0.3, 0.4) is 0 Å². The van der Waals surface area contributed by atoms with Gasteiger partial charge in [0.1, 0.15) is 11.6 Å². The van der Waals surface area contributed by atoms with Crippen LogP contribution in [0, 0.1) is 11.6 Å². The Morgan fingerprint density at radius 3 is 2.67 bits per heavy atom. The number of pyridine rings is 1. The Morgan fingerprint density at radius 1 is 1.22 bits per heavy atom. The number of rotatable bonds is 3. The lowest BCUT2D eigenvalue weighted by Gasteiger charge is -2.19. The van der Waals surface area contributed by atoms with Crippen molar-refractivity contribution >= 4 is 15.9 Å². The molecule has 0 amide bonds. The van der Waals surface area contributed by atoms with Crippen LogP contribution in [0.5, 0.6) is 0 Å². The fourth-order valence-electron chi connectivity index (χ4n) is 1.83. The first-order valence-corrected chi connectivity index (χ1v) is 6.14. The maximum Gasteiger partial charge on any atom is 0.146 e. The first-order valence-electron chi connectivity index (χ1n) is 5.35. The molecule has 1 N–H and O–H groups in total. The van der Waals surface area contributed by atoms with E-state index in [-0.39, 0.29) is 5.82 Å². The summed E-state index contributed by atoms with van der Waals surface area (Å²) in [7, 11) is 1.70. The van der Waals surface area contributed by atoms with E-state index in [9.17, 15) is 8.78 Å². The van der Waals surface area contributed by atoms with Crippen molar-refractivity contribution in [2.24, 2.45) is 0 Å². The lowest BCUT2D eigenvalue weighted by molar-refractivity contribution is 0.566.